The second-order valence-corrected chi connectivity index (χ2v) is 6.10. The van der Waals surface area contributed by atoms with Gasteiger partial charge < -0.3 is 10.2 Å². The maximum Gasteiger partial charge on any atom is 0.320 e. The summed E-state index contributed by atoms with van der Waals surface area (Å²) in [7, 11) is 1.56. The first-order valence-corrected chi connectivity index (χ1v) is 7.91. The van der Waals surface area contributed by atoms with Gasteiger partial charge in [-0.1, -0.05) is 11.3 Å². The zero-order valence-corrected chi connectivity index (χ0v) is 13.0. The van der Waals surface area contributed by atoms with Crippen LogP contribution in [-0.4, -0.2) is 36.1 Å². The SMILES string of the molecule is CNC(=O)Nc1nccc2nc(N3CCC[C@@H](C#N)C3)sc12. The lowest BCUT2D eigenvalue weighted by molar-refractivity contribution is 0.254. The molecule has 0 saturated carbocycles. The van der Waals surface area contributed by atoms with Crippen LogP contribution in [0.15, 0.2) is 12.3 Å². The Balaban J connectivity index is 1.91. The van der Waals surface area contributed by atoms with Crippen molar-refractivity contribution in [3.63, 3.8) is 0 Å². The summed E-state index contributed by atoms with van der Waals surface area (Å²) in [6, 6.07) is 3.86. The van der Waals surface area contributed by atoms with E-state index in [4.69, 9.17) is 5.26 Å². The van der Waals surface area contributed by atoms with Crippen molar-refractivity contribution in [2.75, 3.05) is 30.4 Å². The van der Waals surface area contributed by atoms with Gasteiger partial charge in [0.05, 0.1) is 22.2 Å². The maximum absolute atomic E-state index is 11.5. The predicted octanol–water partition coefficient (Wildman–Crippen LogP) is 2.18. The third-order valence-corrected chi connectivity index (χ3v) is 4.77. The lowest BCUT2D eigenvalue weighted by Gasteiger charge is -2.28. The minimum atomic E-state index is -0.308. The van der Waals surface area contributed by atoms with Gasteiger partial charge in [0.25, 0.3) is 0 Å². The normalized spacial score (nSPS) is 18.0. The van der Waals surface area contributed by atoms with Gasteiger partial charge in [-0.2, -0.15) is 5.26 Å². The molecule has 0 aromatic carbocycles. The lowest BCUT2D eigenvalue weighted by Crippen LogP contribution is -2.34. The molecule has 1 aliphatic rings. The number of fused-ring (bicyclic) bond motifs is 1. The molecule has 0 spiro atoms. The van der Waals surface area contributed by atoms with E-state index in [-0.39, 0.29) is 11.9 Å². The third-order valence-electron chi connectivity index (χ3n) is 3.63. The Morgan fingerprint density at radius 1 is 1.59 bits per heavy atom. The number of amides is 2. The highest BCUT2D eigenvalue weighted by atomic mass is 32.1. The van der Waals surface area contributed by atoms with Crippen LogP contribution < -0.4 is 15.5 Å². The fraction of sp³-hybridized carbons (Fsp3) is 0.429. The van der Waals surface area contributed by atoms with Gasteiger partial charge in [0.15, 0.2) is 10.9 Å². The first-order chi connectivity index (χ1) is 10.7. The van der Waals surface area contributed by atoms with Crippen LogP contribution in [0.4, 0.5) is 15.7 Å². The molecular formula is C14H16N6OS. The van der Waals surface area contributed by atoms with Gasteiger partial charge in [0.2, 0.25) is 0 Å². The van der Waals surface area contributed by atoms with Gasteiger partial charge in [0, 0.05) is 26.3 Å². The zero-order valence-electron chi connectivity index (χ0n) is 12.2. The second kappa shape index (κ2) is 6.15. The number of carbonyl (C=O) groups excluding carboxylic acids is 1. The summed E-state index contributed by atoms with van der Waals surface area (Å²) in [5.41, 5.74) is 0.806. The molecule has 0 radical (unpaired) electrons. The number of urea groups is 1. The van der Waals surface area contributed by atoms with Crippen molar-refractivity contribution in [2.24, 2.45) is 5.92 Å². The van der Waals surface area contributed by atoms with Crippen molar-refractivity contribution in [3.05, 3.63) is 12.3 Å². The smallest absolute Gasteiger partial charge is 0.320 e. The Morgan fingerprint density at radius 3 is 3.23 bits per heavy atom. The molecule has 2 aromatic heterocycles. The summed E-state index contributed by atoms with van der Waals surface area (Å²) in [5.74, 6) is 0.566. The van der Waals surface area contributed by atoms with Crippen LogP contribution in [0.1, 0.15) is 12.8 Å². The molecule has 0 bridgehead atoms. The monoisotopic (exact) mass is 316 g/mol. The largest absolute Gasteiger partial charge is 0.347 e. The number of hydrogen-bond acceptors (Lipinski definition) is 6. The van der Waals surface area contributed by atoms with Gasteiger partial charge in [-0.15, -0.1) is 0 Å². The van der Waals surface area contributed by atoms with Crippen molar-refractivity contribution < 1.29 is 4.79 Å². The molecule has 3 heterocycles. The highest BCUT2D eigenvalue weighted by Crippen LogP contribution is 2.34. The minimum Gasteiger partial charge on any atom is -0.347 e. The van der Waals surface area contributed by atoms with Crippen LogP contribution in [0.3, 0.4) is 0 Å². The molecule has 0 unspecified atom stereocenters. The molecule has 114 valence electrons. The Hall–Kier alpha value is -2.40. The van der Waals surface area contributed by atoms with Crippen LogP contribution >= 0.6 is 11.3 Å². The van der Waals surface area contributed by atoms with E-state index >= 15 is 0 Å². The van der Waals surface area contributed by atoms with Crippen LogP contribution in [0.5, 0.6) is 0 Å². The molecule has 1 saturated heterocycles. The lowest BCUT2D eigenvalue weighted by atomic mass is 10.0. The number of piperidine rings is 1. The van der Waals surface area contributed by atoms with Gasteiger partial charge in [-0.25, -0.2) is 14.8 Å². The van der Waals surface area contributed by atoms with Crippen LogP contribution in [-0.2, 0) is 0 Å². The van der Waals surface area contributed by atoms with Crippen molar-refractivity contribution in [1.82, 2.24) is 15.3 Å². The average molecular weight is 316 g/mol. The summed E-state index contributed by atoms with van der Waals surface area (Å²) in [4.78, 5) is 22.5. The third kappa shape index (κ3) is 2.80. The first kappa shape index (κ1) is 14.5. The van der Waals surface area contributed by atoms with Crippen molar-refractivity contribution in [1.29, 1.82) is 5.26 Å². The van der Waals surface area contributed by atoms with Gasteiger partial charge in [-0.05, 0) is 18.9 Å². The van der Waals surface area contributed by atoms with E-state index in [1.807, 2.05) is 6.07 Å². The molecule has 2 N–H and O–H groups in total. The molecule has 2 amide bonds. The van der Waals surface area contributed by atoms with E-state index in [9.17, 15) is 4.79 Å². The van der Waals surface area contributed by atoms with E-state index in [0.717, 1.165) is 34.7 Å². The molecule has 22 heavy (non-hydrogen) atoms. The molecule has 1 aliphatic heterocycles. The van der Waals surface area contributed by atoms with Crippen LogP contribution in [0.25, 0.3) is 10.2 Å². The molecule has 1 atom stereocenters. The number of rotatable bonds is 2. The van der Waals surface area contributed by atoms with Crippen LogP contribution in [0.2, 0.25) is 0 Å². The first-order valence-electron chi connectivity index (χ1n) is 7.10. The number of nitrogens with zero attached hydrogens (tertiary/aromatic N) is 4. The Morgan fingerprint density at radius 2 is 2.45 bits per heavy atom. The van der Waals surface area contributed by atoms with E-state index in [0.29, 0.717) is 12.4 Å². The Bertz CT molecular complexity index is 736. The highest BCUT2D eigenvalue weighted by molar-refractivity contribution is 7.22. The second-order valence-electron chi connectivity index (χ2n) is 5.12. The molecule has 3 rings (SSSR count). The zero-order chi connectivity index (χ0) is 15.5. The Labute approximate surface area is 132 Å². The van der Waals surface area contributed by atoms with Crippen LogP contribution in [0, 0.1) is 17.2 Å². The number of anilines is 2. The molecular weight excluding hydrogens is 300 g/mol. The van der Waals surface area contributed by atoms with Gasteiger partial charge in [0.1, 0.15) is 0 Å². The predicted molar refractivity (Wildman–Crippen MR) is 86.0 cm³/mol. The topological polar surface area (TPSA) is 93.9 Å². The number of aromatic nitrogens is 2. The van der Waals surface area contributed by atoms with Crippen molar-refractivity contribution in [2.45, 2.75) is 12.8 Å². The Kier molecular flexibility index (Phi) is 4.06. The maximum atomic E-state index is 11.5. The minimum absolute atomic E-state index is 0.0577. The summed E-state index contributed by atoms with van der Waals surface area (Å²) in [6.07, 6.45) is 3.57. The fourth-order valence-corrected chi connectivity index (χ4v) is 3.53. The molecule has 0 aliphatic carbocycles. The standard InChI is InChI=1S/C14H16N6OS/c1-16-13(21)19-12-11-10(4-5-17-12)18-14(22-11)20-6-2-3-9(7-15)8-20/h4-5,9H,2-3,6,8H2,1H3,(H2,16,17,19,21)/t9-/m0/s1. The number of nitriles is 1. The summed E-state index contributed by atoms with van der Waals surface area (Å²) >= 11 is 1.50. The van der Waals surface area contributed by atoms with E-state index in [1.165, 1.54) is 11.3 Å². The number of nitrogens with one attached hydrogen (secondary N) is 2. The number of pyridine rings is 1. The van der Waals surface area contributed by atoms with Gasteiger partial charge >= 0.3 is 6.03 Å². The highest BCUT2D eigenvalue weighted by Gasteiger charge is 2.22. The number of carbonyl (C=O) groups is 1. The molecule has 1 fully saturated rings. The molecule has 7 nitrogen and oxygen atoms in total. The molecule has 2 aromatic rings. The van der Waals surface area contributed by atoms with Gasteiger partial charge in [-0.3, -0.25) is 5.32 Å². The van der Waals surface area contributed by atoms with E-state index < -0.39 is 0 Å². The summed E-state index contributed by atoms with van der Waals surface area (Å²) < 4.78 is 0.847. The summed E-state index contributed by atoms with van der Waals surface area (Å²) in [5, 5.41) is 15.2. The average Bonchev–Trinajstić information content (AvgIpc) is 3.00. The summed E-state index contributed by atoms with van der Waals surface area (Å²) in [6.45, 7) is 1.62. The fourth-order valence-electron chi connectivity index (χ4n) is 2.49. The van der Waals surface area contributed by atoms with E-state index in [1.54, 1.807) is 13.2 Å². The quantitative estimate of drug-likeness (QED) is 0.885. The van der Waals surface area contributed by atoms with Crippen molar-refractivity contribution in [3.8, 4) is 6.07 Å². The van der Waals surface area contributed by atoms with E-state index in [2.05, 4.69) is 31.6 Å². The molecule has 8 heteroatoms. The van der Waals surface area contributed by atoms with Crippen molar-refractivity contribution >= 4 is 38.5 Å². The number of hydrogen-bond donors (Lipinski definition) is 2. The number of thiazole rings is 1.